The maximum Gasteiger partial charge on any atom is 0.259 e. The van der Waals surface area contributed by atoms with E-state index in [9.17, 15) is 4.79 Å². The topological polar surface area (TPSA) is 101 Å². The predicted molar refractivity (Wildman–Crippen MR) is 124 cm³/mol. The number of nitrogens with one attached hydrogen (secondary N) is 1. The number of pyridine rings is 1. The molecule has 0 aromatic carbocycles. The fourth-order valence-corrected chi connectivity index (χ4v) is 4.35. The van der Waals surface area contributed by atoms with E-state index >= 15 is 0 Å². The van der Waals surface area contributed by atoms with Crippen molar-refractivity contribution in [1.29, 1.82) is 0 Å². The summed E-state index contributed by atoms with van der Waals surface area (Å²) in [7, 11) is 6.14. The van der Waals surface area contributed by atoms with Crippen molar-refractivity contribution in [1.82, 2.24) is 29.6 Å². The maximum atomic E-state index is 13.0. The lowest BCUT2D eigenvalue weighted by molar-refractivity contribution is 0.0709. The summed E-state index contributed by atoms with van der Waals surface area (Å²) in [6.07, 6.45) is 6.83. The van der Waals surface area contributed by atoms with Gasteiger partial charge in [0.15, 0.2) is 0 Å². The monoisotopic (exact) mass is 441 g/mol. The molecule has 5 rings (SSSR count). The minimum atomic E-state index is -0.0213. The predicted octanol–water partition coefficient (Wildman–Crippen LogP) is 2.15. The second-order valence-electron chi connectivity index (χ2n) is 8.38. The molecule has 0 atom stereocenters. The SMILES string of the molecule is [B]c1cnn2c(NCc3cccnc3)cc(C3CCN(C(=O)c4c(C)noc4C)CC3)nc12. The van der Waals surface area contributed by atoms with Crippen LogP contribution in [-0.2, 0) is 6.54 Å². The van der Waals surface area contributed by atoms with E-state index < -0.39 is 0 Å². The number of aryl methyl sites for hydroxylation is 2. The van der Waals surface area contributed by atoms with Crippen LogP contribution in [0.3, 0.4) is 0 Å². The summed E-state index contributed by atoms with van der Waals surface area (Å²) in [6.45, 7) is 5.47. The number of carbonyl (C=O) groups is 1. The Bertz CT molecular complexity index is 1270. The Hall–Kier alpha value is -3.69. The fraction of sp³-hybridized carbons (Fsp3) is 0.348. The summed E-state index contributed by atoms with van der Waals surface area (Å²) in [6, 6.07) is 5.96. The molecule has 2 radical (unpaired) electrons. The molecule has 0 saturated carbocycles. The third-order valence-electron chi connectivity index (χ3n) is 6.16. The minimum Gasteiger partial charge on any atom is -0.366 e. The fourth-order valence-electron chi connectivity index (χ4n) is 4.35. The first-order valence-corrected chi connectivity index (χ1v) is 11.0. The van der Waals surface area contributed by atoms with E-state index in [2.05, 4.69) is 20.6 Å². The van der Waals surface area contributed by atoms with Crippen molar-refractivity contribution in [3.05, 3.63) is 65.1 Å². The summed E-state index contributed by atoms with van der Waals surface area (Å²) in [4.78, 5) is 23.8. The molecule has 33 heavy (non-hydrogen) atoms. The molecular weight excluding hydrogens is 417 g/mol. The Morgan fingerprint density at radius 2 is 2.09 bits per heavy atom. The van der Waals surface area contributed by atoms with Crippen LogP contribution in [0.15, 0.2) is 41.3 Å². The zero-order valence-corrected chi connectivity index (χ0v) is 18.7. The molecule has 0 bridgehead atoms. The summed E-state index contributed by atoms with van der Waals surface area (Å²) in [5, 5.41) is 11.7. The van der Waals surface area contributed by atoms with E-state index in [1.54, 1.807) is 30.8 Å². The molecule has 1 aliphatic heterocycles. The van der Waals surface area contributed by atoms with Crippen LogP contribution in [0, 0.1) is 13.8 Å². The molecule has 0 spiro atoms. The van der Waals surface area contributed by atoms with Crippen molar-refractivity contribution in [3.63, 3.8) is 0 Å². The molecule has 9 nitrogen and oxygen atoms in total. The first kappa shape index (κ1) is 21.2. The van der Waals surface area contributed by atoms with Gasteiger partial charge in [0.2, 0.25) is 0 Å². The number of hydrogen-bond donors (Lipinski definition) is 1. The van der Waals surface area contributed by atoms with Gasteiger partial charge < -0.3 is 14.7 Å². The number of amides is 1. The molecule has 4 aromatic rings. The number of nitrogens with zero attached hydrogens (tertiary/aromatic N) is 6. The van der Waals surface area contributed by atoms with Crippen LogP contribution in [0.25, 0.3) is 5.65 Å². The highest BCUT2D eigenvalue weighted by atomic mass is 16.5. The van der Waals surface area contributed by atoms with Crippen LogP contribution in [0.4, 0.5) is 5.82 Å². The van der Waals surface area contributed by atoms with Gasteiger partial charge in [-0.25, -0.2) is 4.98 Å². The van der Waals surface area contributed by atoms with Gasteiger partial charge in [-0.2, -0.15) is 9.61 Å². The van der Waals surface area contributed by atoms with E-state index in [1.807, 2.05) is 29.3 Å². The Balaban J connectivity index is 1.35. The Morgan fingerprint density at radius 1 is 1.27 bits per heavy atom. The summed E-state index contributed by atoms with van der Waals surface area (Å²) >= 11 is 0. The molecule has 0 unspecified atom stereocenters. The van der Waals surface area contributed by atoms with E-state index in [1.165, 1.54) is 0 Å². The lowest BCUT2D eigenvalue weighted by atomic mass is 9.92. The average Bonchev–Trinajstić information content (AvgIpc) is 3.39. The Kier molecular flexibility index (Phi) is 5.57. The number of aromatic nitrogens is 5. The largest absolute Gasteiger partial charge is 0.366 e. The van der Waals surface area contributed by atoms with Crippen molar-refractivity contribution in [2.45, 2.75) is 39.2 Å². The van der Waals surface area contributed by atoms with Crippen molar-refractivity contribution in [2.24, 2.45) is 0 Å². The summed E-state index contributed by atoms with van der Waals surface area (Å²) in [5.41, 5.74) is 4.39. The number of carbonyl (C=O) groups excluding carboxylic acids is 1. The van der Waals surface area contributed by atoms with Crippen LogP contribution in [0.5, 0.6) is 0 Å². The third kappa shape index (κ3) is 4.08. The van der Waals surface area contributed by atoms with E-state index in [-0.39, 0.29) is 11.8 Å². The number of fused-ring (bicyclic) bond motifs is 1. The number of hydrogen-bond acceptors (Lipinski definition) is 7. The quantitative estimate of drug-likeness (QED) is 0.474. The van der Waals surface area contributed by atoms with Crippen molar-refractivity contribution >= 4 is 30.7 Å². The minimum absolute atomic E-state index is 0.0213. The van der Waals surface area contributed by atoms with Gasteiger partial charge in [-0.05, 0) is 43.8 Å². The Labute approximate surface area is 192 Å². The van der Waals surface area contributed by atoms with Crippen molar-refractivity contribution < 1.29 is 9.32 Å². The molecule has 1 N–H and O–H groups in total. The lowest BCUT2D eigenvalue weighted by Crippen LogP contribution is -2.38. The van der Waals surface area contributed by atoms with Crippen molar-refractivity contribution in [3.8, 4) is 0 Å². The number of anilines is 1. The number of rotatable bonds is 5. The third-order valence-corrected chi connectivity index (χ3v) is 6.16. The van der Waals surface area contributed by atoms with Gasteiger partial charge in [0.05, 0.1) is 5.69 Å². The zero-order chi connectivity index (χ0) is 22.9. The second-order valence-corrected chi connectivity index (χ2v) is 8.38. The maximum absolute atomic E-state index is 13.0. The van der Waals surface area contributed by atoms with Gasteiger partial charge >= 0.3 is 0 Å². The molecular formula is C23H24BN7O2. The smallest absolute Gasteiger partial charge is 0.259 e. The molecule has 1 saturated heterocycles. The standard InChI is InChI=1S/C23H24BN7O2/c1-14-21(15(2)33-29-14)23(32)30-8-5-17(6-9-30)19-10-20(26-12-16-4-3-7-25-11-16)31-22(28-19)18(24)13-27-31/h3-4,7,10-11,13,17,26H,5-6,8-9,12H2,1-2H3. The van der Waals surface area contributed by atoms with Gasteiger partial charge in [-0.3, -0.25) is 9.78 Å². The Morgan fingerprint density at radius 3 is 2.79 bits per heavy atom. The molecule has 5 heterocycles. The van der Waals surface area contributed by atoms with Gasteiger partial charge in [0, 0.05) is 55.9 Å². The van der Waals surface area contributed by atoms with Crippen molar-refractivity contribution in [2.75, 3.05) is 18.4 Å². The average molecular weight is 441 g/mol. The van der Waals surface area contributed by atoms with Crippen LogP contribution in [-0.4, -0.2) is 56.5 Å². The highest BCUT2D eigenvalue weighted by Gasteiger charge is 2.29. The first-order chi connectivity index (χ1) is 16.0. The lowest BCUT2D eigenvalue weighted by Gasteiger charge is -2.32. The van der Waals surface area contributed by atoms with Crippen LogP contribution >= 0.6 is 0 Å². The van der Waals surface area contributed by atoms with Gasteiger partial charge in [-0.1, -0.05) is 11.2 Å². The normalized spacial score (nSPS) is 14.7. The highest BCUT2D eigenvalue weighted by molar-refractivity contribution is 6.36. The molecule has 10 heteroatoms. The molecule has 1 fully saturated rings. The van der Waals surface area contributed by atoms with Gasteiger partial charge in [0.25, 0.3) is 5.91 Å². The van der Waals surface area contributed by atoms with Gasteiger partial charge in [-0.15, -0.1) is 0 Å². The van der Waals surface area contributed by atoms with E-state index in [4.69, 9.17) is 17.4 Å². The van der Waals surface area contributed by atoms with Crippen LogP contribution in [0.2, 0.25) is 0 Å². The molecule has 166 valence electrons. The molecule has 1 aliphatic rings. The van der Waals surface area contributed by atoms with Crippen LogP contribution < -0.4 is 10.8 Å². The van der Waals surface area contributed by atoms with Gasteiger partial charge in [0.1, 0.15) is 30.6 Å². The summed E-state index contributed by atoms with van der Waals surface area (Å²) < 4.78 is 6.90. The highest BCUT2D eigenvalue weighted by Crippen LogP contribution is 2.30. The van der Waals surface area contributed by atoms with E-state index in [0.717, 1.165) is 29.9 Å². The zero-order valence-electron chi connectivity index (χ0n) is 18.7. The van der Waals surface area contributed by atoms with Crippen LogP contribution in [0.1, 0.15) is 51.8 Å². The molecule has 1 amide bonds. The molecule has 4 aromatic heterocycles. The number of likely N-dealkylation sites (tertiary alicyclic amines) is 1. The number of piperidine rings is 1. The second kappa shape index (κ2) is 8.69. The molecule has 0 aliphatic carbocycles. The van der Waals surface area contributed by atoms with E-state index in [0.29, 0.717) is 47.8 Å². The summed E-state index contributed by atoms with van der Waals surface area (Å²) in [5.74, 6) is 1.58. The first-order valence-electron chi connectivity index (χ1n) is 11.0.